The molecule has 1 heterocycles. The molecule has 0 aliphatic rings. The standard InChI is InChI=1S/C13H9ClN4O/c14-9-1-3-12(17-7-9)13(19)18-11-4-2-10(16)5-8(11)6-15/h1-5,7H,16H2,(H,18,19). The number of carbonyl (C=O) groups excluding carboxylic acids is 1. The Labute approximate surface area is 114 Å². The second-order valence-corrected chi connectivity index (χ2v) is 4.17. The number of nitrogen functional groups attached to an aromatic ring is 1. The lowest BCUT2D eigenvalue weighted by Gasteiger charge is -2.07. The molecule has 0 saturated carbocycles. The summed E-state index contributed by atoms with van der Waals surface area (Å²) < 4.78 is 0. The summed E-state index contributed by atoms with van der Waals surface area (Å²) in [4.78, 5) is 15.8. The first kappa shape index (κ1) is 12.9. The van der Waals surface area contributed by atoms with E-state index in [2.05, 4.69) is 10.3 Å². The molecule has 5 nitrogen and oxygen atoms in total. The molecule has 0 unspecified atom stereocenters. The summed E-state index contributed by atoms with van der Waals surface area (Å²) in [7, 11) is 0. The van der Waals surface area contributed by atoms with Crippen LogP contribution in [0.15, 0.2) is 36.5 Å². The summed E-state index contributed by atoms with van der Waals surface area (Å²) >= 11 is 5.69. The van der Waals surface area contributed by atoms with Crippen molar-refractivity contribution in [3.8, 4) is 6.07 Å². The van der Waals surface area contributed by atoms with Gasteiger partial charge in [0.15, 0.2) is 0 Å². The Balaban J connectivity index is 2.24. The van der Waals surface area contributed by atoms with Crippen molar-refractivity contribution in [1.82, 2.24) is 4.98 Å². The van der Waals surface area contributed by atoms with Crippen LogP contribution in [0.2, 0.25) is 5.02 Å². The largest absolute Gasteiger partial charge is 0.399 e. The Morgan fingerprint density at radius 1 is 1.37 bits per heavy atom. The monoisotopic (exact) mass is 272 g/mol. The number of nitrogens with one attached hydrogen (secondary N) is 1. The maximum atomic E-state index is 11.9. The average Bonchev–Trinajstić information content (AvgIpc) is 2.41. The first-order chi connectivity index (χ1) is 9.10. The molecule has 0 spiro atoms. The first-order valence-corrected chi connectivity index (χ1v) is 5.70. The van der Waals surface area contributed by atoms with Crippen molar-refractivity contribution < 1.29 is 4.79 Å². The number of nitrogens with zero attached hydrogens (tertiary/aromatic N) is 2. The molecule has 0 fully saturated rings. The second-order valence-electron chi connectivity index (χ2n) is 3.73. The minimum Gasteiger partial charge on any atom is -0.399 e. The molecular formula is C13H9ClN4O. The molecule has 1 aromatic heterocycles. The number of pyridine rings is 1. The molecule has 0 saturated heterocycles. The normalized spacial score (nSPS) is 9.68. The number of anilines is 2. The van der Waals surface area contributed by atoms with Gasteiger partial charge in [-0.2, -0.15) is 5.26 Å². The van der Waals surface area contributed by atoms with Gasteiger partial charge in [-0.1, -0.05) is 11.6 Å². The third-order valence-corrected chi connectivity index (χ3v) is 2.60. The summed E-state index contributed by atoms with van der Waals surface area (Å²) in [6.07, 6.45) is 1.38. The van der Waals surface area contributed by atoms with Crippen molar-refractivity contribution in [2.24, 2.45) is 0 Å². The Hall–Kier alpha value is -2.58. The smallest absolute Gasteiger partial charge is 0.274 e. The van der Waals surface area contributed by atoms with E-state index in [1.165, 1.54) is 18.3 Å². The van der Waals surface area contributed by atoms with Gasteiger partial charge in [0.25, 0.3) is 5.91 Å². The number of nitriles is 1. The zero-order valence-electron chi connectivity index (χ0n) is 9.72. The minimum absolute atomic E-state index is 0.213. The van der Waals surface area contributed by atoms with Gasteiger partial charge in [0.05, 0.1) is 16.3 Å². The molecule has 6 heteroatoms. The van der Waals surface area contributed by atoms with E-state index in [1.54, 1.807) is 18.2 Å². The summed E-state index contributed by atoms with van der Waals surface area (Å²) in [6, 6.07) is 9.70. The molecule has 1 aromatic carbocycles. The van der Waals surface area contributed by atoms with Crippen LogP contribution in [-0.4, -0.2) is 10.9 Å². The fourth-order valence-corrected chi connectivity index (χ4v) is 1.57. The number of hydrogen-bond acceptors (Lipinski definition) is 4. The van der Waals surface area contributed by atoms with E-state index < -0.39 is 5.91 Å². The fraction of sp³-hybridized carbons (Fsp3) is 0. The number of amides is 1. The summed E-state index contributed by atoms with van der Waals surface area (Å²) in [5.41, 5.74) is 6.92. The molecule has 0 aliphatic carbocycles. The lowest BCUT2D eigenvalue weighted by Crippen LogP contribution is -2.14. The molecule has 3 N–H and O–H groups in total. The van der Waals surface area contributed by atoms with Gasteiger partial charge >= 0.3 is 0 Å². The summed E-state index contributed by atoms with van der Waals surface area (Å²) in [5, 5.41) is 12.0. The van der Waals surface area contributed by atoms with Crippen molar-refractivity contribution >= 4 is 28.9 Å². The van der Waals surface area contributed by atoms with Crippen LogP contribution < -0.4 is 11.1 Å². The van der Waals surface area contributed by atoms with E-state index in [0.717, 1.165) is 0 Å². The summed E-state index contributed by atoms with van der Waals surface area (Å²) in [5.74, 6) is -0.419. The SMILES string of the molecule is N#Cc1cc(N)ccc1NC(=O)c1ccc(Cl)cn1. The number of carbonyl (C=O) groups is 1. The van der Waals surface area contributed by atoms with Crippen LogP contribution in [0.3, 0.4) is 0 Å². The Kier molecular flexibility index (Phi) is 3.64. The molecule has 0 radical (unpaired) electrons. The van der Waals surface area contributed by atoms with E-state index in [9.17, 15) is 4.79 Å². The third kappa shape index (κ3) is 3.00. The molecule has 2 aromatic rings. The van der Waals surface area contributed by atoms with Crippen molar-refractivity contribution in [3.63, 3.8) is 0 Å². The zero-order chi connectivity index (χ0) is 13.8. The van der Waals surface area contributed by atoms with E-state index >= 15 is 0 Å². The van der Waals surface area contributed by atoms with E-state index in [1.807, 2.05) is 6.07 Å². The van der Waals surface area contributed by atoms with Gasteiger partial charge in [-0.05, 0) is 30.3 Å². The van der Waals surface area contributed by atoms with Crippen LogP contribution >= 0.6 is 11.6 Å². The first-order valence-electron chi connectivity index (χ1n) is 5.32. The van der Waals surface area contributed by atoms with Crippen molar-refractivity contribution in [3.05, 3.63) is 52.8 Å². The molecule has 19 heavy (non-hydrogen) atoms. The van der Waals surface area contributed by atoms with Crippen LogP contribution in [0.1, 0.15) is 16.1 Å². The Morgan fingerprint density at radius 2 is 2.16 bits per heavy atom. The number of rotatable bonds is 2. The van der Waals surface area contributed by atoms with E-state index in [-0.39, 0.29) is 5.69 Å². The quantitative estimate of drug-likeness (QED) is 0.821. The highest BCUT2D eigenvalue weighted by molar-refractivity contribution is 6.30. The topological polar surface area (TPSA) is 91.8 Å². The van der Waals surface area contributed by atoms with Gasteiger partial charge < -0.3 is 11.1 Å². The highest BCUT2D eigenvalue weighted by Gasteiger charge is 2.10. The lowest BCUT2D eigenvalue weighted by atomic mass is 10.1. The molecule has 1 amide bonds. The highest BCUT2D eigenvalue weighted by atomic mass is 35.5. The third-order valence-electron chi connectivity index (χ3n) is 2.37. The molecular weight excluding hydrogens is 264 g/mol. The van der Waals surface area contributed by atoms with Gasteiger partial charge in [-0.15, -0.1) is 0 Å². The van der Waals surface area contributed by atoms with Crippen molar-refractivity contribution in [2.75, 3.05) is 11.1 Å². The number of aromatic nitrogens is 1. The van der Waals surface area contributed by atoms with Crippen LogP contribution in [0.4, 0.5) is 11.4 Å². The Morgan fingerprint density at radius 3 is 2.79 bits per heavy atom. The molecule has 94 valence electrons. The maximum Gasteiger partial charge on any atom is 0.274 e. The number of benzene rings is 1. The van der Waals surface area contributed by atoms with Gasteiger partial charge in [0.1, 0.15) is 11.8 Å². The zero-order valence-corrected chi connectivity index (χ0v) is 10.5. The maximum absolute atomic E-state index is 11.9. The molecule has 2 rings (SSSR count). The van der Waals surface area contributed by atoms with Gasteiger partial charge in [-0.3, -0.25) is 4.79 Å². The molecule has 0 atom stereocenters. The molecule has 0 bridgehead atoms. The number of nitrogens with two attached hydrogens (primary N) is 1. The Bertz CT molecular complexity index is 661. The predicted molar refractivity (Wildman–Crippen MR) is 72.8 cm³/mol. The average molecular weight is 273 g/mol. The molecule has 0 aliphatic heterocycles. The predicted octanol–water partition coefficient (Wildman–Crippen LogP) is 2.44. The van der Waals surface area contributed by atoms with Crippen molar-refractivity contribution in [2.45, 2.75) is 0 Å². The lowest BCUT2D eigenvalue weighted by molar-refractivity contribution is 0.102. The fourth-order valence-electron chi connectivity index (χ4n) is 1.46. The van der Waals surface area contributed by atoms with Crippen LogP contribution in [0.5, 0.6) is 0 Å². The van der Waals surface area contributed by atoms with Gasteiger partial charge in [0, 0.05) is 11.9 Å². The van der Waals surface area contributed by atoms with Crippen LogP contribution in [-0.2, 0) is 0 Å². The van der Waals surface area contributed by atoms with Gasteiger partial charge in [0.2, 0.25) is 0 Å². The minimum atomic E-state index is -0.419. The van der Waals surface area contributed by atoms with E-state index in [0.29, 0.717) is 22.0 Å². The van der Waals surface area contributed by atoms with E-state index in [4.69, 9.17) is 22.6 Å². The van der Waals surface area contributed by atoms with Crippen LogP contribution in [0, 0.1) is 11.3 Å². The number of halogens is 1. The van der Waals surface area contributed by atoms with Gasteiger partial charge in [-0.25, -0.2) is 4.98 Å². The van der Waals surface area contributed by atoms with Crippen LogP contribution in [0.25, 0.3) is 0 Å². The number of hydrogen-bond donors (Lipinski definition) is 2. The van der Waals surface area contributed by atoms with Crippen molar-refractivity contribution in [1.29, 1.82) is 5.26 Å². The second kappa shape index (κ2) is 5.38. The summed E-state index contributed by atoms with van der Waals surface area (Å²) in [6.45, 7) is 0. The highest BCUT2D eigenvalue weighted by Crippen LogP contribution is 2.18.